The van der Waals surface area contributed by atoms with Crippen LogP contribution in [0, 0.1) is 0 Å². The summed E-state index contributed by atoms with van der Waals surface area (Å²) in [4.78, 5) is 23.9. The normalized spacial score (nSPS) is 10.6. The minimum Gasteiger partial charge on any atom is -0.481 e. The highest BCUT2D eigenvalue weighted by Crippen LogP contribution is 2.34. The Morgan fingerprint density at radius 3 is 2.36 bits per heavy atom. The maximum atomic E-state index is 13.7. The van der Waals surface area contributed by atoms with Gasteiger partial charge in [0.05, 0.1) is 19.8 Å². The van der Waals surface area contributed by atoms with Crippen LogP contribution in [0.15, 0.2) is 71.3 Å². The summed E-state index contributed by atoms with van der Waals surface area (Å²) in [6.07, 6.45) is 0. The van der Waals surface area contributed by atoms with Crippen molar-refractivity contribution in [1.82, 2.24) is 15.1 Å². The third-order valence-corrected chi connectivity index (χ3v) is 4.83. The molecule has 4 aromatic rings. The van der Waals surface area contributed by atoms with Gasteiger partial charge in [0.1, 0.15) is 17.9 Å². The lowest BCUT2D eigenvalue weighted by Crippen LogP contribution is -2.27. The monoisotopic (exact) mass is 446 g/mol. The second-order valence-electron chi connectivity index (χ2n) is 6.95. The molecular weight excluding hydrogens is 424 g/mol. The summed E-state index contributed by atoms with van der Waals surface area (Å²) in [5.41, 5.74) is 1.97. The summed E-state index contributed by atoms with van der Waals surface area (Å²) in [7, 11) is 3.12. The maximum Gasteiger partial charge on any atom is 0.264 e. The van der Waals surface area contributed by atoms with Gasteiger partial charge in [-0.05, 0) is 12.1 Å². The highest BCUT2D eigenvalue weighted by atomic mass is 16.5. The van der Waals surface area contributed by atoms with E-state index in [-0.39, 0.29) is 48.0 Å². The molecule has 0 saturated carbocycles. The molecule has 0 aliphatic heterocycles. The van der Waals surface area contributed by atoms with Gasteiger partial charge in [0, 0.05) is 18.3 Å². The average molecular weight is 446 g/mol. The van der Waals surface area contributed by atoms with Crippen LogP contribution in [-0.2, 0) is 0 Å². The van der Waals surface area contributed by atoms with Crippen molar-refractivity contribution >= 4 is 11.6 Å². The molecular formula is C24H22N4O5. The number of amides is 1. The van der Waals surface area contributed by atoms with E-state index < -0.39 is 0 Å². The van der Waals surface area contributed by atoms with E-state index in [0.717, 1.165) is 0 Å². The Morgan fingerprint density at radius 2 is 1.70 bits per heavy atom. The van der Waals surface area contributed by atoms with Crippen LogP contribution in [0.1, 0.15) is 10.4 Å². The molecule has 2 heterocycles. The Labute approximate surface area is 190 Å². The van der Waals surface area contributed by atoms with Crippen molar-refractivity contribution in [2.24, 2.45) is 0 Å². The molecule has 4 rings (SSSR count). The summed E-state index contributed by atoms with van der Waals surface area (Å²) in [6, 6.07) is 20.0. The number of benzene rings is 2. The van der Waals surface area contributed by atoms with Crippen LogP contribution in [0.25, 0.3) is 22.8 Å². The molecule has 1 N–H and O–H groups in total. The van der Waals surface area contributed by atoms with Crippen LogP contribution in [0.3, 0.4) is 0 Å². The summed E-state index contributed by atoms with van der Waals surface area (Å²) >= 11 is 0. The van der Waals surface area contributed by atoms with Gasteiger partial charge < -0.3 is 24.0 Å². The first-order valence-electron chi connectivity index (χ1n) is 10.2. The first-order chi connectivity index (χ1) is 16.1. The smallest absolute Gasteiger partial charge is 0.264 e. The van der Waals surface area contributed by atoms with E-state index in [1.54, 1.807) is 7.05 Å². The average Bonchev–Trinajstić information content (AvgIpc) is 3.32. The number of nitrogens with zero attached hydrogens (tertiary/aromatic N) is 4. The molecule has 1 amide bonds. The molecule has 9 nitrogen and oxygen atoms in total. The minimum atomic E-state index is -0.347. The van der Waals surface area contributed by atoms with Crippen LogP contribution < -0.4 is 14.4 Å². The molecule has 0 spiro atoms. The number of methoxy groups -OCH3 is 1. The molecule has 9 heteroatoms. The van der Waals surface area contributed by atoms with E-state index in [9.17, 15) is 4.79 Å². The first kappa shape index (κ1) is 22.0. The number of para-hydroxylation sites is 1. The molecule has 0 bridgehead atoms. The van der Waals surface area contributed by atoms with Crippen molar-refractivity contribution in [2.75, 3.05) is 32.3 Å². The number of anilines is 1. The number of rotatable bonds is 8. The van der Waals surface area contributed by atoms with Crippen LogP contribution in [-0.4, -0.2) is 53.5 Å². The van der Waals surface area contributed by atoms with E-state index in [2.05, 4.69) is 15.1 Å². The largest absolute Gasteiger partial charge is 0.481 e. The fraction of sp³-hybridized carbons (Fsp3) is 0.167. The van der Waals surface area contributed by atoms with Crippen LogP contribution in [0.2, 0.25) is 0 Å². The molecule has 2 aromatic heterocycles. The molecule has 0 atom stereocenters. The standard InChI is InChI=1S/C24H22N4O5/c1-28(17-11-7-4-8-12-17)24(30)20-21(16-9-5-3-6-10-16)27-33-22(20)23-25-18(31-2)15-19(26-23)32-14-13-29/h3-12,15,29H,13-14H2,1-2H3. The van der Waals surface area contributed by atoms with Crippen molar-refractivity contribution in [3.8, 4) is 34.6 Å². The number of aliphatic hydroxyl groups is 1. The number of aliphatic hydroxyl groups excluding tert-OH is 1. The van der Waals surface area contributed by atoms with Crippen molar-refractivity contribution < 1.29 is 23.9 Å². The number of hydrogen-bond acceptors (Lipinski definition) is 8. The fourth-order valence-electron chi connectivity index (χ4n) is 3.20. The quantitative estimate of drug-likeness (QED) is 0.438. The summed E-state index contributed by atoms with van der Waals surface area (Å²) in [5.74, 6) is 0.176. The van der Waals surface area contributed by atoms with Crippen molar-refractivity contribution in [3.63, 3.8) is 0 Å². The van der Waals surface area contributed by atoms with Crippen molar-refractivity contribution in [2.45, 2.75) is 0 Å². The third kappa shape index (κ3) is 4.68. The lowest BCUT2D eigenvalue weighted by atomic mass is 10.0. The highest BCUT2D eigenvalue weighted by molar-refractivity contribution is 6.12. The van der Waals surface area contributed by atoms with Gasteiger partial charge in [-0.2, -0.15) is 9.97 Å². The van der Waals surface area contributed by atoms with Gasteiger partial charge in [0.2, 0.25) is 23.3 Å². The molecule has 0 radical (unpaired) electrons. The molecule has 168 valence electrons. The summed E-state index contributed by atoms with van der Waals surface area (Å²) in [5, 5.41) is 13.3. The van der Waals surface area contributed by atoms with E-state index in [4.69, 9.17) is 19.1 Å². The minimum absolute atomic E-state index is 0.0355. The fourth-order valence-corrected chi connectivity index (χ4v) is 3.20. The van der Waals surface area contributed by atoms with Crippen LogP contribution in [0.4, 0.5) is 5.69 Å². The second kappa shape index (κ2) is 9.92. The Bertz CT molecular complexity index is 1230. The molecule has 0 saturated heterocycles. The van der Waals surface area contributed by atoms with Gasteiger partial charge in [-0.1, -0.05) is 53.7 Å². The molecule has 0 fully saturated rings. The van der Waals surface area contributed by atoms with E-state index in [1.807, 2.05) is 60.7 Å². The molecule has 33 heavy (non-hydrogen) atoms. The lowest BCUT2D eigenvalue weighted by molar-refractivity contribution is 0.0993. The predicted octanol–water partition coefficient (Wildman–Crippen LogP) is 3.45. The Kier molecular flexibility index (Phi) is 6.61. The van der Waals surface area contributed by atoms with Crippen LogP contribution >= 0.6 is 0 Å². The molecule has 0 unspecified atom stereocenters. The predicted molar refractivity (Wildman–Crippen MR) is 121 cm³/mol. The van der Waals surface area contributed by atoms with Crippen LogP contribution in [0.5, 0.6) is 11.8 Å². The molecule has 0 aliphatic carbocycles. The highest BCUT2D eigenvalue weighted by Gasteiger charge is 2.30. The van der Waals surface area contributed by atoms with Gasteiger partial charge in [0.15, 0.2) is 0 Å². The topological polar surface area (TPSA) is 111 Å². The van der Waals surface area contributed by atoms with Gasteiger partial charge in [-0.15, -0.1) is 0 Å². The van der Waals surface area contributed by atoms with Gasteiger partial charge in [-0.25, -0.2) is 0 Å². The van der Waals surface area contributed by atoms with E-state index >= 15 is 0 Å². The Balaban J connectivity index is 1.86. The number of carbonyl (C=O) groups is 1. The zero-order chi connectivity index (χ0) is 23.2. The number of aromatic nitrogens is 3. The van der Waals surface area contributed by atoms with Gasteiger partial charge in [0.25, 0.3) is 5.91 Å². The second-order valence-corrected chi connectivity index (χ2v) is 6.95. The third-order valence-electron chi connectivity index (χ3n) is 4.83. The molecule has 0 aliphatic rings. The van der Waals surface area contributed by atoms with Crippen molar-refractivity contribution in [3.05, 3.63) is 72.3 Å². The zero-order valence-electron chi connectivity index (χ0n) is 18.1. The number of ether oxygens (including phenoxy) is 2. The van der Waals surface area contributed by atoms with Gasteiger partial charge >= 0.3 is 0 Å². The Hall–Kier alpha value is -4.24. The number of hydrogen-bond donors (Lipinski definition) is 1. The van der Waals surface area contributed by atoms with E-state index in [0.29, 0.717) is 16.9 Å². The Morgan fingerprint density at radius 1 is 1.03 bits per heavy atom. The summed E-state index contributed by atoms with van der Waals surface area (Å²) in [6.45, 7) is -0.151. The SMILES string of the molecule is COc1cc(OCCO)nc(-c2onc(-c3ccccc3)c2C(=O)N(C)c2ccccc2)n1. The number of carbonyl (C=O) groups excluding carboxylic acids is 1. The summed E-state index contributed by atoms with van der Waals surface area (Å²) < 4.78 is 16.3. The maximum absolute atomic E-state index is 13.7. The van der Waals surface area contributed by atoms with E-state index in [1.165, 1.54) is 18.1 Å². The molecule has 2 aromatic carbocycles. The van der Waals surface area contributed by atoms with Crippen molar-refractivity contribution in [1.29, 1.82) is 0 Å². The lowest BCUT2D eigenvalue weighted by Gasteiger charge is -2.17. The zero-order valence-corrected chi connectivity index (χ0v) is 18.1. The van der Waals surface area contributed by atoms with Gasteiger partial charge in [-0.3, -0.25) is 4.79 Å². The first-order valence-corrected chi connectivity index (χ1v) is 10.2.